The number of nitrogens with two attached hydrogens (primary N) is 2. The Balaban J connectivity index is 3.09. The van der Waals surface area contributed by atoms with Gasteiger partial charge in [-0.15, -0.1) is 0 Å². The molecule has 1 aromatic carbocycles. The molecule has 0 fully saturated rings. The van der Waals surface area contributed by atoms with E-state index < -0.39 is 12.0 Å². The van der Waals surface area contributed by atoms with E-state index in [1.165, 1.54) is 0 Å². The Kier molecular flexibility index (Phi) is 6.31. The van der Waals surface area contributed by atoms with Crippen molar-refractivity contribution < 1.29 is 14.3 Å². The van der Waals surface area contributed by atoms with E-state index in [0.717, 1.165) is 12.0 Å². The quantitative estimate of drug-likeness (QED) is 0.757. The maximum atomic E-state index is 11.4. The number of rotatable bonds is 8. The van der Waals surface area contributed by atoms with Crippen molar-refractivity contribution in [2.24, 2.45) is 11.5 Å². The first-order valence-electron chi connectivity index (χ1n) is 6.90. The molecule has 0 radical (unpaired) electrons. The number of primary amides is 1. The van der Waals surface area contributed by atoms with Crippen LogP contribution in [0.5, 0.6) is 11.5 Å². The van der Waals surface area contributed by atoms with E-state index in [9.17, 15) is 4.79 Å². The Labute approximate surface area is 120 Å². The number of hydrogen-bond donors (Lipinski definition) is 2. The van der Waals surface area contributed by atoms with E-state index in [2.05, 4.69) is 0 Å². The average molecular weight is 280 g/mol. The van der Waals surface area contributed by atoms with Crippen LogP contribution in [0.3, 0.4) is 0 Å². The van der Waals surface area contributed by atoms with Crippen LogP contribution in [0.4, 0.5) is 0 Å². The lowest BCUT2D eigenvalue weighted by molar-refractivity contribution is -0.124. The minimum atomic E-state index is -0.664. The molecule has 0 aliphatic rings. The summed E-state index contributed by atoms with van der Waals surface area (Å²) in [5.74, 6) is 0.666. The summed E-state index contributed by atoms with van der Waals surface area (Å²) in [6.45, 7) is 3.88. The van der Waals surface area contributed by atoms with Crippen molar-refractivity contribution in [3.8, 4) is 11.5 Å². The first-order valence-corrected chi connectivity index (χ1v) is 6.90. The van der Waals surface area contributed by atoms with Gasteiger partial charge in [-0.2, -0.15) is 0 Å². The molecule has 0 aliphatic carbocycles. The lowest BCUT2D eigenvalue weighted by Crippen LogP contribution is -2.33. The molecular formula is C15H24N2O3. The molecule has 5 nitrogen and oxygen atoms in total. The summed E-state index contributed by atoms with van der Waals surface area (Å²) in [6, 6.07) is 5.65. The van der Waals surface area contributed by atoms with Crippen molar-refractivity contribution in [3.63, 3.8) is 0 Å². The van der Waals surface area contributed by atoms with Gasteiger partial charge in [0.25, 0.3) is 5.91 Å². The number of para-hydroxylation sites is 1. The molecule has 0 saturated heterocycles. The highest BCUT2D eigenvalue weighted by Gasteiger charge is 2.20. The van der Waals surface area contributed by atoms with Crippen molar-refractivity contribution in [1.29, 1.82) is 0 Å². The smallest absolute Gasteiger partial charge is 0.258 e. The summed E-state index contributed by atoms with van der Waals surface area (Å²) in [6.07, 6.45) is 1.37. The van der Waals surface area contributed by atoms with Crippen LogP contribution in [0, 0.1) is 0 Å². The fourth-order valence-corrected chi connectivity index (χ4v) is 1.93. The molecule has 1 aromatic rings. The van der Waals surface area contributed by atoms with E-state index in [1.54, 1.807) is 13.2 Å². The Morgan fingerprint density at radius 2 is 2.00 bits per heavy atom. The lowest BCUT2D eigenvalue weighted by atomic mass is 10.0. The molecule has 1 rings (SSSR count). The van der Waals surface area contributed by atoms with Gasteiger partial charge in [-0.25, -0.2) is 0 Å². The zero-order valence-electron chi connectivity index (χ0n) is 12.4. The van der Waals surface area contributed by atoms with Crippen molar-refractivity contribution in [2.75, 3.05) is 7.11 Å². The maximum absolute atomic E-state index is 11.4. The number of carbonyl (C=O) groups is 1. The summed E-state index contributed by atoms with van der Waals surface area (Å²) < 4.78 is 11.1. The molecule has 0 spiro atoms. The van der Waals surface area contributed by atoms with Gasteiger partial charge in [-0.3, -0.25) is 4.79 Å². The number of carbonyl (C=O) groups excluding carboxylic acids is 1. The average Bonchev–Trinajstić information content (AvgIpc) is 2.44. The molecule has 112 valence electrons. The summed E-state index contributed by atoms with van der Waals surface area (Å²) in [5.41, 5.74) is 12.3. The van der Waals surface area contributed by atoms with Crippen LogP contribution in [0.25, 0.3) is 0 Å². The molecule has 0 saturated carbocycles. The topological polar surface area (TPSA) is 87.6 Å². The van der Waals surface area contributed by atoms with Gasteiger partial charge in [0.2, 0.25) is 0 Å². The number of ether oxygens (including phenoxy) is 2. The monoisotopic (exact) mass is 280 g/mol. The zero-order chi connectivity index (χ0) is 15.1. The highest BCUT2D eigenvalue weighted by Crippen LogP contribution is 2.33. The first-order chi connectivity index (χ1) is 9.53. The Morgan fingerprint density at radius 3 is 2.50 bits per heavy atom. The molecule has 0 heterocycles. The summed E-state index contributed by atoms with van der Waals surface area (Å²) in [7, 11) is 1.57. The zero-order valence-corrected chi connectivity index (χ0v) is 12.4. The SMILES string of the molecule is CCC(N)Cc1cccc(OC)c1OC(CC)C(N)=O. The third-order valence-electron chi connectivity index (χ3n) is 3.24. The highest BCUT2D eigenvalue weighted by molar-refractivity contribution is 5.79. The minimum absolute atomic E-state index is 0.0399. The van der Waals surface area contributed by atoms with E-state index in [4.69, 9.17) is 20.9 Å². The molecular weight excluding hydrogens is 256 g/mol. The minimum Gasteiger partial charge on any atom is -0.493 e. The molecule has 0 aliphatic heterocycles. The van der Waals surface area contributed by atoms with Crippen molar-refractivity contribution in [2.45, 2.75) is 45.3 Å². The van der Waals surface area contributed by atoms with Crippen LogP contribution in [-0.2, 0) is 11.2 Å². The molecule has 0 bridgehead atoms. The van der Waals surface area contributed by atoms with E-state index in [1.807, 2.05) is 26.0 Å². The Hall–Kier alpha value is -1.75. The summed E-state index contributed by atoms with van der Waals surface area (Å²) in [4.78, 5) is 11.4. The Morgan fingerprint density at radius 1 is 1.30 bits per heavy atom. The molecule has 2 unspecified atom stereocenters. The van der Waals surface area contributed by atoms with Gasteiger partial charge in [-0.05, 0) is 30.9 Å². The molecule has 2 atom stereocenters. The van der Waals surface area contributed by atoms with Gasteiger partial charge < -0.3 is 20.9 Å². The lowest BCUT2D eigenvalue weighted by Gasteiger charge is -2.20. The molecule has 5 heteroatoms. The largest absolute Gasteiger partial charge is 0.493 e. The van der Waals surface area contributed by atoms with Crippen LogP contribution in [0.2, 0.25) is 0 Å². The van der Waals surface area contributed by atoms with Crippen LogP contribution in [0.1, 0.15) is 32.3 Å². The van der Waals surface area contributed by atoms with Gasteiger partial charge in [0.05, 0.1) is 7.11 Å². The Bertz CT molecular complexity index is 449. The molecule has 4 N–H and O–H groups in total. The van der Waals surface area contributed by atoms with Gasteiger partial charge in [0.1, 0.15) is 0 Å². The third kappa shape index (κ3) is 4.13. The van der Waals surface area contributed by atoms with Gasteiger partial charge in [0.15, 0.2) is 17.6 Å². The first kappa shape index (κ1) is 16.3. The second-order valence-electron chi connectivity index (χ2n) is 4.74. The maximum Gasteiger partial charge on any atom is 0.258 e. The second-order valence-corrected chi connectivity index (χ2v) is 4.74. The highest BCUT2D eigenvalue weighted by atomic mass is 16.5. The van der Waals surface area contributed by atoms with E-state index >= 15 is 0 Å². The number of methoxy groups -OCH3 is 1. The van der Waals surface area contributed by atoms with Crippen molar-refractivity contribution >= 4 is 5.91 Å². The molecule has 20 heavy (non-hydrogen) atoms. The van der Waals surface area contributed by atoms with Crippen LogP contribution in [-0.4, -0.2) is 25.2 Å². The van der Waals surface area contributed by atoms with Crippen LogP contribution in [0.15, 0.2) is 18.2 Å². The molecule has 1 amide bonds. The standard InChI is InChI=1S/C15H24N2O3/c1-4-11(16)9-10-7-6-8-13(19-3)14(10)20-12(5-2)15(17)18/h6-8,11-12H,4-5,9,16H2,1-3H3,(H2,17,18). The normalized spacial score (nSPS) is 13.6. The predicted octanol–water partition coefficient (Wildman–Crippen LogP) is 1.62. The second kappa shape index (κ2) is 7.75. The summed E-state index contributed by atoms with van der Waals surface area (Å²) in [5, 5.41) is 0. The van der Waals surface area contributed by atoms with Crippen molar-refractivity contribution in [3.05, 3.63) is 23.8 Å². The van der Waals surface area contributed by atoms with Gasteiger partial charge in [0, 0.05) is 6.04 Å². The van der Waals surface area contributed by atoms with E-state index in [-0.39, 0.29) is 6.04 Å². The van der Waals surface area contributed by atoms with Gasteiger partial charge >= 0.3 is 0 Å². The van der Waals surface area contributed by atoms with Gasteiger partial charge in [-0.1, -0.05) is 26.0 Å². The number of amides is 1. The number of hydrogen-bond acceptors (Lipinski definition) is 4. The van der Waals surface area contributed by atoms with Crippen LogP contribution < -0.4 is 20.9 Å². The third-order valence-corrected chi connectivity index (χ3v) is 3.24. The fraction of sp³-hybridized carbons (Fsp3) is 0.533. The van der Waals surface area contributed by atoms with E-state index in [0.29, 0.717) is 24.3 Å². The number of benzene rings is 1. The predicted molar refractivity (Wildman–Crippen MR) is 78.9 cm³/mol. The van der Waals surface area contributed by atoms with Crippen LogP contribution >= 0.6 is 0 Å². The summed E-state index contributed by atoms with van der Waals surface area (Å²) >= 11 is 0. The fourth-order valence-electron chi connectivity index (χ4n) is 1.93. The van der Waals surface area contributed by atoms with Crippen molar-refractivity contribution in [1.82, 2.24) is 0 Å². The molecule has 0 aromatic heterocycles.